The van der Waals surface area contributed by atoms with Gasteiger partial charge in [-0.15, -0.1) is 0 Å². The van der Waals surface area contributed by atoms with Crippen molar-refractivity contribution in [3.8, 4) is 5.75 Å². The van der Waals surface area contributed by atoms with Gasteiger partial charge in [-0.1, -0.05) is 24.3 Å². The number of benzene rings is 2. The Morgan fingerprint density at radius 2 is 1.96 bits per heavy atom. The Balaban J connectivity index is 1.54. The topological polar surface area (TPSA) is 53.6 Å². The van der Waals surface area contributed by atoms with Crippen LogP contribution in [0.5, 0.6) is 5.75 Å². The van der Waals surface area contributed by atoms with E-state index in [0.717, 1.165) is 35.7 Å². The second kappa shape index (κ2) is 9.25. The number of nitrogens with one attached hydrogen (secondary N) is 2. The van der Waals surface area contributed by atoms with Crippen molar-refractivity contribution in [2.45, 2.75) is 19.3 Å². The van der Waals surface area contributed by atoms with Crippen LogP contribution >= 0.6 is 0 Å². The first-order valence-electron chi connectivity index (χ1n) is 9.17. The smallest absolute Gasteiger partial charge is 0.318 e. The predicted molar refractivity (Wildman–Crippen MR) is 104 cm³/mol. The molecule has 1 saturated heterocycles. The summed E-state index contributed by atoms with van der Waals surface area (Å²) in [5.74, 6) is 0.897. The van der Waals surface area contributed by atoms with Crippen LogP contribution in [0.15, 0.2) is 42.5 Å². The van der Waals surface area contributed by atoms with E-state index in [1.54, 1.807) is 7.05 Å². The summed E-state index contributed by atoms with van der Waals surface area (Å²) in [5, 5.41) is 5.40. The molecule has 0 bridgehead atoms. The number of anilines is 1. The van der Waals surface area contributed by atoms with E-state index in [4.69, 9.17) is 4.74 Å². The van der Waals surface area contributed by atoms with E-state index in [1.165, 1.54) is 25.9 Å². The van der Waals surface area contributed by atoms with Crippen molar-refractivity contribution in [3.63, 3.8) is 0 Å². The van der Waals surface area contributed by atoms with Crippen LogP contribution in [0, 0.1) is 6.07 Å². The van der Waals surface area contributed by atoms with Crippen LogP contribution in [0.25, 0.3) is 0 Å². The SMILES string of the molecule is CNC(=O)Nc1ccc[c]c1Cc1ccc(OCCN2CCCC2)cc1. The molecule has 1 heterocycles. The van der Waals surface area contributed by atoms with Gasteiger partial charge in [0.25, 0.3) is 0 Å². The Morgan fingerprint density at radius 1 is 1.19 bits per heavy atom. The fourth-order valence-corrected chi connectivity index (χ4v) is 3.13. The Kier molecular flexibility index (Phi) is 6.50. The highest BCUT2D eigenvalue weighted by molar-refractivity contribution is 5.89. The van der Waals surface area contributed by atoms with E-state index in [0.29, 0.717) is 6.42 Å². The van der Waals surface area contributed by atoms with Crippen molar-refractivity contribution in [2.75, 3.05) is 38.6 Å². The fourth-order valence-electron chi connectivity index (χ4n) is 3.13. The van der Waals surface area contributed by atoms with E-state index in [9.17, 15) is 4.79 Å². The largest absolute Gasteiger partial charge is 0.492 e. The zero-order chi connectivity index (χ0) is 18.2. The molecule has 26 heavy (non-hydrogen) atoms. The number of likely N-dealkylation sites (tertiary alicyclic amines) is 1. The summed E-state index contributed by atoms with van der Waals surface area (Å²) in [6.45, 7) is 4.12. The number of carbonyl (C=O) groups is 1. The van der Waals surface area contributed by atoms with Gasteiger partial charge in [-0.25, -0.2) is 4.79 Å². The first-order valence-corrected chi connectivity index (χ1v) is 9.17. The third-order valence-corrected chi connectivity index (χ3v) is 4.60. The lowest BCUT2D eigenvalue weighted by molar-refractivity contribution is 0.238. The number of rotatable bonds is 7. The Bertz CT molecular complexity index is 709. The van der Waals surface area contributed by atoms with Gasteiger partial charge in [0.2, 0.25) is 0 Å². The predicted octanol–water partition coefficient (Wildman–Crippen LogP) is 3.30. The van der Waals surface area contributed by atoms with Gasteiger partial charge in [0, 0.05) is 25.7 Å². The monoisotopic (exact) mass is 352 g/mol. The highest BCUT2D eigenvalue weighted by atomic mass is 16.5. The van der Waals surface area contributed by atoms with Crippen LogP contribution in [0.4, 0.5) is 10.5 Å². The molecular formula is C21H26N3O2. The third-order valence-electron chi connectivity index (χ3n) is 4.60. The van der Waals surface area contributed by atoms with E-state index in [-0.39, 0.29) is 6.03 Å². The van der Waals surface area contributed by atoms with Gasteiger partial charge in [-0.3, -0.25) is 4.90 Å². The molecule has 3 rings (SSSR count). The summed E-state index contributed by atoms with van der Waals surface area (Å²) in [5.41, 5.74) is 2.89. The van der Waals surface area contributed by atoms with Gasteiger partial charge in [0.15, 0.2) is 0 Å². The van der Waals surface area contributed by atoms with Crippen LogP contribution in [0.1, 0.15) is 24.0 Å². The third kappa shape index (κ3) is 5.23. The lowest BCUT2D eigenvalue weighted by atomic mass is 10.0. The molecule has 5 nitrogen and oxygen atoms in total. The van der Waals surface area contributed by atoms with Gasteiger partial charge in [-0.2, -0.15) is 0 Å². The molecule has 0 atom stereocenters. The first kappa shape index (κ1) is 18.3. The summed E-state index contributed by atoms with van der Waals surface area (Å²) < 4.78 is 5.85. The molecule has 5 heteroatoms. The summed E-state index contributed by atoms with van der Waals surface area (Å²) >= 11 is 0. The molecule has 2 aromatic rings. The minimum atomic E-state index is -0.229. The molecule has 0 saturated carbocycles. The van der Waals surface area contributed by atoms with E-state index >= 15 is 0 Å². The number of hydrogen-bond donors (Lipinski definition) is 2. The van der Waals surface area contributed by atoms with E-state index in [2.05, 4.69) is 33.7 Å². The van der Waals surface area contributed by atoms with Crippen molar-refractivity contribution >= 4 is 11.7 Å². The molecule has 0 spiro atoms. The van der Waals surface area contributed by atoms with Crippen LogP contribution in [-0.2, 0) is 6.42 Å². The maximum Gasteiger partial charge on any atom is 0.318 e. The number of carbonyl (C=O) groups excluding carboxylic acids is 1. The van der Waals surface area contributed by atoms with Crippen molar-refractivity contribution in [2.24, 2.45) is 0 Å². The zero-order valence-electron chi connectivity index (χ0n) is 15.3. The normalized spacial score (nSPS) is 14.2. The molecule has 2 amide bonds. The fraction of sp³-hybridized carbons (Fsp3) is 0.381. The van der Waals surface area contributed by atoms with Crippen molar-refractivity contribution in [3.05, 3.63) is 59.7 Å². The summed E-state index contributed by atoms with van der Waals surface area (Å²) in [7, 11) is 1.60. The first-order chi connectivity index (χ1) is 12.7. The maximum atomic E-state index is 11.6. The van der Waals surface area contributed by atoms with Gasteiger partial charge in [0.05, 0.1) is 0 Å². The highest BCUT2D eigenvalue weighted by Crippen LogP contribution is 2.20. The molecule has 1 aliphatic heterocycles. The maximum absolute atomic E-state index is 11.6. The Morgan fingerprint density at radius 3 is 2.69 bits per heavy atom. The summed E-state index contributed by atoms with van der Waals surface area (Å²) in [6, 6.07) is 16.7. The molecule has 0 aromatic heterocycles. The van der Waals surface area contributed by atoms with Gasteiger partial charge >= 0.3 is 6.03 Å². The molecular weight excluding hydrogens is 326 g/mol. The van der Waals surface area contributed by atoms with Gasteiger partial charge in [-0.05, 0) is 61.3 Å². The Labute approximate surface area is 155 Å². The number of hydrogen-bond acceptors (Lipinski definition) is 3. The minimum Gasteiger partial charge on any atom is -0.492 e. The molecule has 1 radical (unpaired) electrons. The van der Waals surface area contributed by atoms with Gasteiger partial charge in [0.1, 0.15) is 12.4 Å². The standard InChI is InChI=1S/C21H26N3O2/c1-22-21(25)23-20-7-3-2-6-18(20)16-17-8-10-19(11-9-17)26-15-14-24-12-4-5-13-24/h2-3,7-11H,4-5,12-16H2,1H3,(H2,22,23,25). The Hall–Kier alpha value is -2.53. The minimum absolute atomic E-state index is 0.229. The number of urea groups is 1. The molecule has 2 aromatic carbocycles. The molecule has 0 aliphatic carbocycles. The average molecular weight is 352 g/mol. The van der Waals surface area contributed by atoms with Crippen LogP contribution in [-0.4, -0.2) is 44.2 Å². The molecule has 1 fully saturated rings. The number of amides is 2. The van der Waals surface area contributed by atoms with E-state index in [1.807, 2.05) is 30.3 Å². The van der Waals surface area contributed by atoms with Gasteiger partial charge < -0.3 is 15.4 Å². The average Bonchev–Trinajstić information content (AvgIpc) is 3.18. The highest BCUT2D eigenvalue weighted by Gasteiger charge is 2.11. The quantitative estimate of drug-likeness (QED) is 0.804. The number of ether oxygens (including phenoxy) is 1. The van der Waals surface area contributed by atoms with Crippen LogP contribution < -0.4 is 15.4 Å². The van der Waals surface area contributed by atoms with Crippen molar-refractivity contribution < 1.29 is 9.53 Å². The summed E-state index contributed by atoms with van der Waals surface area (Å²) in [4.78, 5) is 14.0. The lowest BCUT2D eigenvalue weighted by Crippen LogP contribution is -2.25. The van der Waals surface area contributed by atoms with Crippen LogP contribution in [0.2, 0.25) is 0 Å². The molecule has 2 N–H and O–H groups in total. The lowest BCUT2D eigenvalue weighted by Gasteiger charge is -2.15. The second-order valence-corrected chi connectivity index (χ2v) is 6.48. The van der Waals surface area contributed by atoms with Crippen LogP contribution in [0.3, 0.4) is 0 Å². The van der Waals surface area contributed by atoms with Crippen molar-refractivity contribution in [1.29, 1.82) is 0 Å². The molecule has 1 aliphatic rings. The zero-order valence-corrected chi connectivity index (χ0v) is 15.3. The summed E-state index contributed by atoms with van der Waals surface area (Å²) in [6.07, 6.45) is 3.32. The molecule has 0 unspecified atom stereocenters. The molecule has 137 valence electrons. The second-order valence-electron chi connectivity index (χ2n) is 6.48. The number of nitrogens with zero attached hydrogens (tertiary/aromatic N) is 1. The van der Waals surface area contributed by atoms with Crippen molar-refractivity contribution in [1.82, 2.24) is 10.2 Å². The van der Waals surface area contributed by atoms with E-state index < -0.39 is 0 Å².